The van der Waals surface area contributed by atoms with E-state index in [1.807, 2.05) is 22.6 Å². The third-order valence-electron chi connectivity index (χ3n) is 0.957. The summed E-state index contributed by atoms with van der Waals surface area (Å²) in [5.74, 6) is 0. The van der Waals surface area contributed by atoms with Crippen LogP contribution in [0, 0.1) is 3.70 Å². The van der Waals surface area contributed by atoms with E-state index in [4.69, 9.17) is 0 Å². The highest BCUT2D eigenvalue weighted by Crippen LogP contribution is 1.95. The van der Waals surface area contributed by atoms with E-state index in [1.54, 1.807) is 0 Å². The Kier molecular flexibility index (Phi) is 2.21. The Labute approximate surface area is 70.6 Å². The molecule has 0 radical (unpaired) electrons. The van der Waals surface area contributed by atoms with E-state index < -0.39 is 0 Å². The molecule has 0 atom stereocenters. The van der Waals surface area contributed by atoms with Crippen molar-refractivity contribution in [1.82, 2.24) is 4.98 Å². The van der Waals surface area contributed by atoms with E-state index in [2.05, 4.69) is 4.98 Å². The summed E-state index contributed by atoms with van der Waals surface area (Å²) in [5, 5.41) is 0. The molecule has 0 saturated carbocycles. The third-order valence-corrected chi connectivity index (χ3v) is 1.54. The number of carbonyl (C=O) groups is 1. The Hall–Kier alpha value is -0.650. The summed E-state index contributed by atoms with van der Waals surface area (Å²) >= 11 is 1.94. The van der Waals surface area contributed by atoms with Crippen LogP contribution in [0.1, 0.15) is 10.5 Å². The predicted octanol–water partition coefficient (Wildman–Crippen LogP) is 0.792. The van der Waals surface area contributed by atoms with Crippen molar-refractivity contribution in [2.45, 2.75) is 0 Å². The van der Waals surface area contributed by atoms with Crippen molar-refractivity contribution < 1.29 is 4.79 Å². The molecular weight excluding hydrogens is 245 g/mol. The topological polar surface area (TPSA) is 49.9 Å². The molecule has 0 aliphatic heterocycles. The minimum absolute atomic E-state index is 0.148. The summed E-state index contributed by atoms with van der Waals surface area (Å²) in [6.45, 7) is 0. The van der Waals surface area contributed by atoms with Gasteiger partial charge in [-0.2, -0.15) is 0 Å². The van der Waals surface area contributed by atoms with Gasteiger partial charge in [0, 0.05) is 12.1 Å². The second-order valence-corrected chi connectivity index (χ2v) is 2.90. The zero-order valence-electron chi connectivity index (χ0n) is 4.93. The maximum absolute atomic E-state index is 10.7. The maximum Gasteiger partial charge on any atom is 0.183 e. The zero-order valence-corrected chi connectivity index (χ0v) is 7.08. The molecule has 10 heavy (non-hydrogen) atoms. The van der Waals surface area contributed by atoms with Gasteiger partial charge in [0.1, 0.15) is 0 Å². The predicted molar refractivity (Wildman–Crippen MR) is 45.2 cm³/mol. The number of pyridine rings is 1. The lowest BCUT2D eigenvalue weighted by atomic mass is 10.4. The van der Waals surface area contributed by atoms with Crippen molar-refractivity contribution in [2.75, 3.05) is 0 Å². The van der Waals surface area contributed by atoms with Crippen molar-refractivity contribution >= 4 is 28.9 Å². The molecule has 52 valence electrons. The quantitative estimate of drug-likeness (QED) is 0.454. The molecule has 1 N–H and O–H groups in total. The van der Waals surface area contributed by atoms with E-state index in [-0.39, 0.29) is 5.43 Å². The molecule has 3 nitrogen and oxygen atoms in total. The highest BCUT2D eigenvalue weighted by atomic mass is 127. The summed E-state index contributed by atoms with van der Waals surface area (Å²) in [6.07, 6.45) is 0.615. The van der Waals surface area contributed by atoms with E-state index in [9.17, 15) is 9.59 Å². The SMILES string of the molecule is O=Cc1cc(=O)cc(I)[nH]1. The van der Waals surface area contributed by atoms with Crippen molar-refractivity contribution in [2.24, 2.45) is 0 Å². The highest BCUT2D eigenvalue weighted by Gasteiger charge is 1.92. The van der Waals surface area contributed by atoms with E-state index in [0.717, 1.165) is 0 Å². The van der Waals surface area contributed by atoms with Crippen molar-refractivity contribution in [3.63, 3.8) is 0 Å². The molecule has 0 spiro atoms. The first kappa shape index (κ1) is 7.46. The van der Waals surface area contributed by atoms with Gasteiger partial charge < -0.3 is 4.98 Å². The number of aldehydes is 1. The van der Waals surface area contributed by atoms with Gasteiger partial charge in [0.25, 0.3) is 0 Å². The average Bonchev–Trinajstić information content (AvgIpc) is 1.85. The lowest BCUT2D eigenvalue weighted by Crippen LogP contribution is -2.03. The van der Waals surface area contributed by atoms with Crippen molar-refractivity contribution in [1.29, 1.82) is 0 Å². The average molecular weight is 249 g/mol. The largest absolute Gasteiger partial charge is 0.348 e. The van der Waals surface area contributed by atoms with Gasteiger partial charge in [-0.3, -0.25) is 9.59 Å². The van der Waals surface area contributed by atoms with Crippen molar-refractivity contribution in [3.8, 4) is 0 Å². The van der Waals surface area contributed by atoms with Crippen LogP contribution in [-0.4, -0.2) is 11.3 Å². The number of rotatable bonds is 1. The summed E-state index contributed by atoms with van der Waals surface area (Å²) < 4.78 is 0.673. The number of H-pyrrole nitrogens is 1. The van der Waals surface area contributed by atoms with Gasteiger partial charge in [0.2, 0.25) is 0 Å². The van der Waals surface area contributed by atoms with Crippen LogP contribution in [0.5, 0.6) is 0 Å². The smallest absolute Gasteiger partial charge is 0.183 e. The molecule has 0 unspecified atom stereocenters. The molecule has 0 bridgehead atoms. The van der Waals surface area contributed by atoms with E-state index >= 15 is 0 Å². The van der Waals surface area contributed by atoms with Crippen LogP contribution in [0.3, 0.4) is 0 Å². The Bertz CT molecular complexity index is 305. The van der Waals surface area contributed by atoms with Crippen LogP contribution in [0.15, 0.2) is 16.9 Å². The first-order valence-electron chi connectivity index (χ1n) is 2.57. The standard InChI is InChI=1S/C6H4INO2/c7-6-2-5(10)1-4(3-9)8-6/h1-3H,(H,8,10). The summed E-state index contributed by atoms with van der Waals surface area (Å²) in [6, 6.07) is 2.68. The molecule has 1 aromatic heterocycles. The Morgan fingerprint density at radius 3 is 2.70 bits per heavy atom. The van der Waals surface area contributed by atoms with Crippen LogP contribution < -0.4 is 5.43 Å². The van der Waals surface area contributed by atoms with Crippen LogP contribution >= 0.6 is 22.6 Å². The molecule has 4 heteroatoms. The Balaban J connectivity index is 3.32. The number of aromatic nitrogens is 1. The number of halogens is 1. The summed E-state index contributed by atoms with van der Waals surface area (Å²) in [4.78, 5) is 23.5. The lowest BCUT2D eigenvalue weighted by Gasteiger charge is -1.90. The second-order valence-electron chi connectivity index (χ2n) is 1.74. The van der Waals surface area contributed by atoms with Crippen LogP contribution in [0.25, 0.3) is 0 Å². The lowest BCUT2D eigenvalue weighted by molar-refractivity contribution is 0.111. The summed E-state index contributed by atoms with van der Waals surface area (Å²) in [5.41, 5.74) is 0.169. The minimum Gasteiger partial charge on any atom is -0.348 e. The van der Waals surface area contributed by atoms with Gasteiger partial charge in [0.15, 0.2) is 11.7 Å². The van der Waals surface area contributed by atoms with Crippen LogP contribution in [0.2, 0.25) is 0 Å². The molecule has 0 aliphatic carbocycles. The fourth-order valence-electron chi connectivity index (χ4n) is 0.593. The van der Waals surface area contributed by atoms with Crippen LogP contribution in [0.4, 0.5) is 0 Å². The molecule has 0 aromatic carbocycles. The number of aromatic amines is 1. The molecular formula is C6H4INO2. The highest BCUT2D eigenvalue weighted by molar-refractivity contribution is 14.1. The van der Waals surface area contributed by atoms with Gasteiger partial charge in [-0.05, 0) is 22.6 Å². The molecule has 0 amide bonds. The molecule has 1 heterocycles. The number of hydrogen-bond acceptors (Lipinski definition) is 2. The third kappa shape index (κ3) is 1.66. The van der Waals surface area contributed by atoms with Gasteiger partial charge in [-0.25, -0.2) is 0 Å². The Morgan fingerprint density at radius 1 is 1.50 bits per heavy atom. The number of carbonyl (C=O) groups excluding carboxylic acids is 1. The normalized spacial score (nSPS) is 9.30. The fraction of sp³-hybridized carbons (Fsp3) is 0. The van der Waals surface area contributed by atoms with Gasteiger partial charge >= 0.3 is 0 Å². The van der Waals surface area contributed by atoms with Gasteiger partial charge in [-0.15, -0.1) is 0 Å². The molecule has 1 rings (SSSR count). The zero-order chi connectivity index (χ0) is 7.56. The molecule has 0 fully saturated rings. The first-order chi connectivity index (χ1) is 4.72. The second kappa shape index (κ2) is 2.96. The van der Waals surface area contributed by atoms with Crippen molar-refractivity contribution in [3.05, 3.63) is 31.8 Å². The fourth-order valence-corrected chi connectivity index (χ4v) is 1.21. The van der Waals surface area contributed by atoms with Crippen LogP contribution in [-0.2, 0) is 0 Å². The Morgan fingerprint density at radius 2 is 2.20 bits per heavy atom. The van der Waals surface area contributed by atoms with Gasteiger partial charge in [0.05, 0.1) is 9.39 Å². The molecule has 1 aromatic rings. The summed E-state index contributed by atoms with van der Waals surface area (Å²) in [7, 11) is 0. The van der Waals surface area contributed by atoms with E-state index in [0.29, 0.717) is 15.7 Å². The van der Waals surface area contributed by atoms with E-state index in [1.165, 1.54) is 12.1 Å². The van der Waals surface area contributed by atoms with Gasteiger partial charge in [-0.1, -0.05) is 0 Å². The number of hydrogen-bond donors (Lipinski definition) is 1. The monoisotopic (exact) mass is 249 g/mol. The molecule has 0 saturated heterocycles. The maximum atomic E-state index is 10.7. The number of nitrogens with one attached hydrogen (secondary N) is 1. The molecule has 0 aliphatic rings. The first-order valence-corrected chi connectivity index (χ1v) is 3.65. The minimum atomic E-state index is -0.148.